The summed E-state index contributed by atoms with van der Waals surface area (Å²) in [5.74, 6) is -0.199. The van der Waals surface area contributed by atoms with Crippen LogP contribution in [0.1, 0.15) is 31.7 Å². The second-order valence-corrected chi connectivity index (χ2v) is 4.01. The van der Waals surface area contributed by atoms with Crippen LogP contribution in [0.3, 0.4) is 0 Å². The van der Waals surface area contributed by atoms with E-state index in [9.17, 15) is 9.50 Å². The van der Waals surface area contributed by atoms with Gasteiger partial charge in [0.05, 0.1) is 6.10 Å². The first-order valence-corrected chi connectivity index (χ1v) is 5.85. The van der Waals surface area contributed by atoms with Gasteiger partial charge in [-0.25, -0.2) is 4.39 Å². The Labute approximate surface area is 96.5 Å². The monoisotopic (exact) mass is 225 g/mol. The van der Waals surface area contributed by atoms with E-state index < -0.39 is 0 Å². The van der Waals surface area contributed by atoms with Crippen LogP contribution in [0.5, 0.6) is 0 Å². The van der Waals surface area contributed by atoms with E-state index in [4.69, 9.17) is 0 Å². The Hall–Kier alpha value is -0.930. The fourth-order valence-corrected chi connectivity index (χ4v) is 1.50. The van der Waals surface area contributed by atoms with E-state index in [2.05, 4.69) is 5.32 Å². The number of halogens is 1. The maximum Gasteiger partial charge on any atom is 0.123 e. The standard InChI is InChI=1S/C13H20FNO/c1-2-13(16)4-3-9-15-10-11-5-7-12(14)8-6-11/h5-8,13,15-16H,2-4,9-10H2,1H3. The molecule has 0 fully saturated rings. The summed E-state index contributed by atoms with van der Waals surface area (Å²) < 4.78 is 12.6. The molecule has 1 aromatic rings. The maximum absolute atomic E-state index is 12.6. The predicted molar refractivity (Wildman–Crippen MR) is 63.6 cm³/mol. The number of benzene rings is 1. The van der Waals surface area contributed by atoms with E-state index in [0.717, 1.165) is 37.9 Å². The topological polar surface area (TPSA) is 32.3 Å². The summed E-state index contributed by atoms with van der Waals surface area (Å²) >= 11 is 0. The van der Waals surface area contributed by atoms with Crippen molar-refractivity contribution in [3.63, 3.8) is 0 Å². The third-order valence-electron chi connectivity index (χ3n) is 2.60. The van der Waals surface area contributed by atoms with Crippen LogP contribution in [0, 0.1) is 5.82 Å². The van der Waals surface area contributed by atoms with Gasteiger partial charge in [0, 0.05) is 6.54 Å². The van der Waals surface area contributed by atoms with Gasteiger partial charge in [0.25, 0.3) is 0 Å². The van der Waals surface area contributed by atoms with Crippen molar-refractivity contribution < 1.29 is 9.50 Å². The van der Waals surface area contributed by atoms with Crippen LogP contribution in [0.25, 0.3) is 0 Å². The normalized spacial score (nSPS) is 12.7. The second kappa shape index (κ2) is 7.36. The molecule has 0 aliphatic carbocycles. The quantitative estimate of drug-likeness (QED) is 0.699. The molecule has 0 aliphatic heterocycles. The summed E-state index contributed by atoms with van der Waals surface area (Å²) in [7, 11) is 0. The molecule has 0 saturated heterocycles. The van der Waals surface area contributed by atoms with Gasteiger partial charge in [0.15, 0.2) is 0 Å². The van der Waals surface area contributed by atoms with Crippen molar-refractivity contribution in [2.75, 3.05) is 6.54 Å². The molecule has 2 N–H and O–H groups in total. The molecule has 1 rings (SSSR count). The highest BCUT2D eigenvalue weighted by Gasteiger charge is 1.99. The third-order valence-corrected chi connectivity index (χ3v) is 2.60. The number of aliphatic hydroxyl groups is 1. The Balaban J connectivity index is 2.09. The van der Waals surface area contributed by atoms with Crippen molar-refractivity contribution in [2.24, 2.45) is 0 Å². The molecule has 0 radical (unpaired) electrons. The number of nitrogens with one attached hydrogen (secondary N) is 1. The Bertz CT molecular complexity index is 286. The molecular weight excluding hydrogens is 205 g/mol. The highest BCUT2D eigenvalue weighted by molar-refractivity contribution is 5.15. The molecule has 1 aromatic carbocycles. The van der Waals surface area contributed by atoms with Gasteiger partial charge in [0.2, 0.25) is 0 Å². The predicted octanol–water partition coefficient (Wildman–Crippen LogP) is 2.47. The summed E-state index contributed by atoms with van der Waals surface area (Å²) in [4.78, 5) is 0. The van der Waals surface area contributed by atoms with Crippen molar-refractivity contribution in [1.82, 2.24) is 5.32 Å². The maximum atomic E-state index is 12.6. The van der Waals surface area contributed by atoms with E-state index >= 15 is 0 Å². The average Bonchev–Trinajstić information content (AvgIpc) is 2.31. The first-order valence-electron chi connectivity index (χ1n) is 5.85. The van der Waals surface area contributed by atoms with Crippen LogP contribution >= 0.6 is 0 Å². The summed E-state index contributed by atoms with van der Waals surface area (Å²) in [6, 6.07) is 6.50. The molecule has 0 heterocycles. The lowest BCUT2D eigenvalue weighted by molar-refractivity contribution is 0.157. The largest absolute Gasteiger partial charge is 0.393 e. The number of rotatable bonds is 7. The van der Waals surface area contributed by atoms with Crippen molar-refractivity contribution in [3.05, 3.63) is 35.6 Å². The molecular formula is C13H20FNO. The molecule has 1 atom stereocenters. The number of hydrogen-bond donors (Lipinski definition) is 2. The van der Waals surface area contributed by atoms with E-state index in [1.54, 1.807) is 12.1 Å². The Morgan fingerprint density at radius 2 is 2.00 bits per heavy atom. The molecule has 1 unspecified atom stereocenters. The summed E-state index contributed by atoms with van der Waals surface area (Å²) in [5.41, 5.74) is 1.08. The Morgan fingerprint density at radius 1 is 1.31 bits per heavy atom. The molecule has 0 bridgehead atoms. The van der Waals surface area contributed by atoms with E-state index in [1.165, 1.54) is 12.1 Å². The van der Waals surface area contributed by atoms with Gasteiger partial charge >= 0.3 is 0 Å². The van der Waals surface area contributed by atoms with Gasteiger partial charge in [-0.1, -0.05) is 19.1 Å². The summed E-state index contributed by atoms with van der Waals surface area (Å²) in [5, 5.41) is 12.6. The van der Waals surface area contributed by atoms with Crippen LogP contribution in [0.4, 0.5) is 4.39 Å². The molecule has 0 saturated carbocycles. The van der Waals surface area contributed by atoms with Crippen molar-refractivity contribution >= 4 is 0 Å². The molecule has 0 aliphatic rings. The van der Waals surface area contributed by atoms with Crippen molar-refractivity contribution in [3.8, 4) is 0 Å². The zero-order valence-electron chi connectivity index (χ0n) is 9.75. The Morgan fingerprint density at radius 3 is 2.62 bits per heavy atom. The molecule has 90 valence electrons. The van der Waals surface area contributed by atoms with Gasteiger partial charge < -0.3 is 10.4 Å². The van der Waals surface area contributed by atoms with Gasteiger partial charge in [-0.3, -0.25) is 0 Å². The second-order valence-electron chi connectivity index (χ2n) is 4.01. The highest BCUT2D eigenvalue weighted by Crippen LogP contribution is 2.03. The first kappa shape index (κ1) is 13.1. The first-order chi connectivity index (χ1) is 7.72. The van der Waals surface area contributed by atoms with E-state index in [1.807, 2.05) is 6.92 Å². The molecule has 0 spiro atoms. The molecule has 2 nitrogen and oxygen atoms in total. The highest BCUT2D eigenvalue weighted by atomic mass is 19.1. The average molecular weight is 225 g/mol. The fraction of sp³-hybridized carbons (Fsp3) is 0.538. The van der Waals surface area contributed by atoms with Crippen LogP contribution in [-0.2, 0) is 6.54 Å². The minimum absolute atomic E-state index is 0.173. The van der Waals surface area contributed by atoms with Gasteiger partial charge in [-0.15, -0.1) is 0 Å². The van der Waals surface area contributed by atoms with Crippen LogP contribution in [0.15, 0.2) is 24.3 Å². The van der Waals surface area contributed by atoms with E-state index in [-0.39, 0.29) is 11.9 Å². The van der Waals surface area contributed by atoms with Gasteiger partial charge in [0.1, 0.15) is 5.82 Å². The number of hydrogen-bond acceptors (Lipinski definition) is 2. The lowest BCUT2D eigenvalue weighted by atomic mass is 10.1. The van der Waals surface area contributed by atoms with Crippen molar-refractivity contribution in [2.45, 2.75) is 38.8 Å². The summed E-state index contributed by atoms with van der Waals surface area (Å²) in [6.45, 7) is 3.62. The minimum Gasteiger partial charge on any atom is -0.393 e. The SMILES string of the molecule is CCC(O)CCCNCc1ccc(F)cc1. The molecule has 16 heavy (non-hydrogen) atoms. The zero-order valence-corrected chi connectivity index (χ0v) is 9.75. The lowest BCUT2D eigenvalue weighted by Gasteiger charge is -2.08. The van der Waals surface area contributed by atoms with Gasteiger partial charge in [-0.05, 0) is 43.5 Å². The van der Waals surface area contributed by atoms with Crippen LogP contribution in [-0.4, -0.2) is 17.8 Å². The minimum atomic E-state index is -0.199. The molecule has 3 heteroatoms. The Kier molecular flexibility index (Phi) is 6.04. The smallest absolute Gasteiger partial charge is 0.123 e. The third kappa shape index (κ3) is 5.24. The van der Waals surface area contributed by atoms with Crippen LogP contribution in [0.2, 0.25) is 0 Å². The van der Waals surface area contributed by atoms with Gasteiger partial charge in [-0.2, -0.15) is 0 Å². The zero-order chi connectivity index (χ0) is 11.8. The lowest BCUT2D eigenvalue weighted by Crippen LogP contribution is -2.16. The fourth-order valence-electron chi connectivity index (χ4n) is 1.50. The number of aliphatic hydroxyl groups excluding tert-OH is 1. The van der Waals surface area contributed by atoms with E-state index in [0.29, 0.717) is 0 Å². The molecule has 0 amide bonds. The van der Waals surface area contributed by atoms with Crippen molar-refractivity contribution in [1.29, 1.82) is 0 Å². The summed E-state index contributed by atoms with van der Waals surface area (Å²) in [6.07, 6.45) is 2.45. The van der Waals surface area contributed by atoms with Crippen LogP contribution < -0.4 is 5.32 Å². The molecule has 0 aromatic heterocycles.